The molecule has 0 spiro atoms. The molecule has 2 nitrogen and oxygen atoms in total. The van der Waals surface area contributed by atoms with E-state index in [0.29, 0.717) is 12.2 Å². The highest BCUT2D eigenvalue weighted by atomic mass is 16.5. The van der Waals surface area contributed by atoms with Gasteiger partial charge in [-0.15, -0.1) is 0 Å². The lowest BCUT2D eigenvalue weighted by atomic mass is 9.50. The van der Waals surface area contributed by atoms with Crippen molar-refractivity contribution in [2.24, 2.45) is 5.41 Å². The van der Waals surface area contributed by atoms with Gasteiger partial charge in [-0.25, -0.2) is 0 Å². The normalized spacial score (nSPS) is 33.5. The standard InChI is InChI=1S/C17H22O2/c1-16-8-6-12-10-14(19-3)4-5-15(12)17(16,2)11-13(18)7-9-16/h4-5,10H,6-9,11H2,1-3H3. The summed E-state index contributed by atoms with van der Waals surface area (Å²) >= 11 is 0. The fourth-order valence-corrected chi connectivity index (χ4v) is 4.06. The smallest absolute Gasteiger partial charge is 0.133 e. The largest absolute Gasteiger partial charge is 0.497 e. The number of carbonyl (C=O) groups is 1. The van der Waals surface area contributed by atoms with Crippen molar-refractivity contribution in [2.75, 3.05) is 7.11 Å². The van der Waals surface area contributed by atoms with Crippen LogP contribution in [0.4, 0.5) is 0 Å². The van der Waals surface area contributed by atoms with E-state index in [9.17, 15) is 4.79 Å². The van der Waals surface area contributed by atoms with E-state index < -0.39 is 0 Å². The molecule has 0 N–H and O–H groups in total. The monoisotopic (exact) mass is 258 g/mol. The summed E-state index contributed by atoms with van der Waals surface area (Å²) in [5, 5.41) is 0. The number of hydrogen-bond donors (Lipinski definition) is 0. The zero-order chi connectivity index (χ0) is 13.7. The Morgan fingerprint density at radius 1 is 1.16 bits per heavy atom. The van der Waals surface area contributed by atoms with E-state index in [1.807, 2.05) is 6.07 Å². The number of Topliss-reactive ketones (excluding diaryl/α,β-unsaturated/α-hetero) is 1. The summed E-state index contributed by atoms with van der Waals surface area (Å²) in [6.07, 6.45) is 4.78. The van der Waals surface area contributed by atoms with Gasteiger partial charge in [-0.2, -0.15) is 0 Å². The molecule has 2 atom stereocenters. The minimum absolute atomic E-state index is 0.00217. The van der Waals surface area contributed by atoms with E-state index in [-0.39, 0.29) is 10.8 Å². The summed E-state index contributed by atoms with van der Waals surface area (Å²) in [5.41, 5.74) is 3.01. The van der Waals surface area contributed by atoms with Gasteiger partial charge in [0.25, 0.3) is 0 Å². The molecule has 0 bridgehead atoms. The molecule has 1 aromatic rings. The van der Waals surface area contributed by atoms with Gasteiger partial charge in [0.2, 0.25) is 0 Å². The van der Waals surface area contributed by atoms with Crippen molar-refractivity contribution >= 4 is 5.78 Å². The first kappa shape index (κ1) is 12.7. The maximum absolute atomic E-state index is 12.0. The van der Waals surface area contributed by atoms with Crippen molar-refractivity contribution in [2.45, 2.75) is 51.4 Å². The van der Waals surface area contributed by atoms with E-state index in [1.54, 1.807) is 7.11 Å². The second-order valence-corrected chi connectivity index (χ2v) is 6.63. The number of hydrogen-bond acceptors (Lipinski definition) is 2. The highest BCUT2D eigenvalue weighted by Gasteiger charge is 2.52. The van der Waals surface area contributed by atoms with Gasteiger partial charge >= 0.3 is 0 Å². The fraction of sp³-hybridized carbons (Fsp3) is 0.588. The summed E-state index contributed by atoms with van der Waals surface area (Å²) < 4.78 is 5.33. The van der Waals surface area contributed by atoms with Crippen LogP contribution in [0.1, 0.15) is 50.7 Å². The molecule has 2 aliphatic carbocycles. The first-order valence-electron chi connectivity index (χ1n) is 7.18. The lowest BCUT2D eigenvalue weighted by molar-refractivity contribution is -0.126. The van der Waals surface area contributed by atoms with Crippen LogP contribution in [0.2, 0.25) is 0 Å². The Hall–Kier alpha value is -1.31. The molecule has 0 heterocycles. The van der Waals surface area contributed by atoms with Crippen LogP contribution in [0.25, 0.3) is 0 Å². The van der Waals surface area contributed by atoms with Gasteiger partial charge in [-0.05, 0) is 47.9 Å². The van der Waals surface area contributed by atoms with E-state index in [0.717, 1.165) is 25.0 Å². The van der Waals surface area contributed by atoms with Crippen LogP contribution < -0.4 is 4.74 Å². The Balaban J connectivity index is 2.12. The van der Waals surface area contributed by atoms with E-state index in [4.69, 9.17) is 4.74 Å². The molecule has 1 fully saturated rings. The van der Waals surface area contributed by atoms with Gasteiger partial charge in [-0.1, -0.05) is 19.9 Å². The number of carbonyl (C=O) groups excluding carboxylic acids is 1. The predicted octanol–water partition coefficient (Wildman–Crippen LogP) is 3.66. The number of ether oxygens (including phenoxy) is 1. The summed E-state index contributed by atoms with van der Waals surface area (Å²) in [7, 11) is 1.71. The van der Waals surface area contributed by atoms with Gasteiger partial charge in [0, 0.05) is 18.3 Å². The Bertz CT molecular complexity index is 534. The number of rotatable bonds is 1. The lowest BCUT2D eigenvalue weighted by Crippen LogP contribution is -2.49. The maximum Gasteiger partial charge on any atom is 0.133 e. The maximum atomic E-state index is 12.0. The minimum atomic E-state index is 0.00217. The molecule has 0 aliphatic heterocycles. The van der Waals surface area contributed by atoms with Crippen LogP contribution in [0.15, 0.2) is 18.2 Å². The third-order valence-electron chi connectivity index (χ3n) is 5.69. The molecule has 102 valence electrons. The van der Waals surface area contributed by atoms with Crippen LogP contribution in [-0.2, 0) is 16.6 Å². The highest BCUT2D eigenvalue weighted by molar-refractivity contribution is 5.81. The molecule has 2 unspecified atom stereocenters. The van der Waals surface area contributed by atoms with Crippen molar-refractivity contribution in [3.8, 4) is 5.75 Å². The van der Waals surface area contributed by atoms with Crippen LogP contribution >= 0.6 is 0 Å². The molecule has 0 radical (unpaired) electrons. The number of benzene rings is 1. The number of methoxy groups -OCH3 is 1. The molecule has 2 aliphatic rings. The molecule has 1 saturated carbocycles. The zero-order valence-electron chi connectivity index (χ0n) is 12.1. The highest BCUT2D eigenvalue weighted by Crippen LogP contribution is 2.57. The van der Waals surface area contributed by atoms with E-state index in [2.05, 4.69) is 26.0 Å². The average Bonchev–Trinajstić information content (AvgIpc) is 2.40. The Morgan fingerprint density at radius 3 is 2.63 bits per heavy atom. The Labute approximate surface area is 115 Å². The third kappa shape index (κ3) is 1.73. The van der Waals surface area contributed by atoms with Crippen molar-refractivity contribution in [3.05, 3.63) is 29.3 Å². The van der Waals surface area contributed by atoms with Crippen LogP contribution in [0.3, 0.4) is 0 Å². The molecule has 0 amide bonds. The fourth-order valence-electron chi connectivity index (χ4n) is 4.06. The Morgan fingerprint density at radius 2 is 1.89 bits per heavy atom. The number of aryl methyl sites for hydroxylation is 1. The summed E-state index contributed by atoms with van der Waals surface area (Å²) in [6, 6.07) is 6.37. The molecule has 2 heteroatoms. The summed E-state index contributed by atoms with van der Waals surface area (Å²) in [4.78, 5) is 12.0. The van der Waals surface area contributed by atoms with Gasteiger partial charge in [0.05, 0.1) is 7.11 Å². The van der Waals surface area contributed by atoms with Crippen LogP contribution in [0, 0.1) is 5.41 Å². The summed E-state index contributed by atoms with van der Waals surface area (Å²) in [6.45, 7) is 4.65. The van der Waals surface area contributed by atoms with Crippen molar-refractivity contribution < 1.29 is 9.53 Å². The molecular formula is C17H22O2. The van der Waals surface area contributed by atoms with Gasteiger partial charge < -0.3 is 4.74 Å². The van der Waals surface area contributed by atoms with Gasteiger partial charge in [0.1, 0.15) is 11.5 Å². The second-order valence-electron chi connectivity index (χ2n) is 6.63. The predicted molar refractivity (Wildman–Crippen MR) is 75.6 cm³/mol. The first-order valence-corrected chi connectivity index (χ1v) is 7.18. The average molecular weight is 258 g/mol. The molecule has 0 saturated heterocycles. The topological polar surface area (TPSA) is 26.3 Å². The van der Waals surface area contributed by atoms with Gasteiger partial charge in [0.15, 0.2) is 0 Å². The molecule has 0 aromatic heterocycles. The lowest BCUT2D eigenvalue weighted by Gasteiger charge is -2.53. The zero-order valence-corrected chi connectivity index (χ0v) is 12.1. The summed E-state index contributed by atoms with van der Waals surface area (Å²) in [5.74, 6) is 1.34. The number of fused-ring (bicyclic) bond motifs is 3. The van der Waals surface area contributed by atoms with E-state index in [1.165, 1.54) is 17.5 Å². The van der Waals surface area contributed by atoms with Crippen molar-refractivity contribution in [1.82, 2.24) is 0 Å². The number of ketones is 1. The quantitative estimate of drug-likeness (QED) is 0.768. The Kier molecular flexibility index (Phi) is 2.74. The van der Waals surface area contributed by atoms with Crippen molar-refractivity contribution in [1.29, 1.82) is 0 Å². The molecule has 1 aromatic carbocycles. The molecule has 19 heavy (non-hydrogen) atoms. The van der Waals surface area contributed by atoms with Gasteiger partial charge in [-0.3, -0.25) is 4.79 Å². The minimum Gasteiger partial charge on any atom is -0.497 e. The SMILES string of the molecule is COc1ccc2c(c1)CCC1(C)CCC(=O)CC21C. The van der Waals surface area contributed by atoms with E-state index >= 15 is 0 Å². The first-order chi connectivity index (χ1) is 8.98. The second kappa shape index (κ2) is 4.09. The van der Waals surface area contributed by atoms with Crippen LogP contribution in [-0.4, -0.2) is 12.9 Å². The third-order valence-corrected chi connectivity index (χ3v) is 5.69. The van der Waals surface area contributed by atoms with Crippen molar-refractivity contribution in [3.63, 3.8) is 0 Å². The van der Waals surface area contributed by atoms with Crippen LogP contribution in [0.5, 0.6) is 5.75 Å². The molecular weight excluding hydrogens is 236 g/mol. The molecule has 3 rings (SSSR count).